The average Bonchev–Trinajstić information content (AvgIpc) is 3.27. The maximum absolute atomic E-state index is 12.8. The minimum atomic E-state index is -0.0458. The number of H-pyrrole nitrogens is 1. The van der Waals surface area contributed by atoms with Crippen molar-refractivity contribution in [2.45, 2.75) is 24.8 Å². The zero-order valence-corrected chi connectivity index (χ0v) is 15.0. The van der Waals surface area contributed by atoms with E-state index in [1.54, 1.807) is 16.9 Å². The first-order chi connectivity index (χ1) is 12.7. The second-order valence-corrected chi connectivity index (χ2v) is 7.42. The highest BCUT2D eigenvalue weighted by Gasteiger charge is 2.42. The third kappa shape index (κ3) is 2.22. The molecule has 2 aliphatic rings. The fraction of sp³-hybridized carbons (Fsp3) is 0.400. The summed E-state index contributed by atoms with van der Waals surface area (Å²) in [7, 11) is 1.82. The van der Waals surface area contributed by atoms with Gasteiger partial charge in [-0.1, -0.05) is 18.2 Å². The van der Waals surface area contributed by atoms with E-state index in [4.69, 9.17) is 0 Å². The molecule has 0 aliphatic carbocycles. The molecule has 0 saturated carbocycles. The smallest absolute Gasteiger partial charge is 0.272 e. The monoisotopic (exact) mass is 349 g/mol. The van der Waals surface area contributed by atoms with Gasteiger partial charge in [0, 0.05) is 49.5 Å². The van der Waals surface area contributed by atoms with Crippen LogP contribution in [-0.2, 0) is 19.0 Å². The number of aromatic amines is 1. The summed E-state index contributed by atoms with van der Waals surface area (Å²) < 4.78 is 1.65. The number of carbonyl (C=O) groups excluding carboxylic acids is 1. The summed E-state index contributed by atoms with van der Waals surface area (Å²) in [6.07, 6.45) is 4.59. The van der Waals surface area contributed by atoms with E-state index in [-0.39, 0.29) is 11.4 Å². The lowest BCUT2D eigenvalue weighted by molar-refractivity contribution is 0.0616. The van der Waals surface area contributed by atoms with E-state index in [9.17, 15) is 4.79 Å². The molecule has 0 unspecified atom stereocenters. The highest BCUT2D eigenvalue weighted by atomic mass is 16.2. The zero-order chi connectivity index (χ0) is 17.7. The molecule has 26 heavy (non-hydrogen) atoms. The van der Waals surface area contributed by atoms with Gasteiger partial charge in [0.15, 0.2) is 0 Å². The number of rotatable bonds is 1. The van der Waals surface area contributed by atoms with Gasteiger partial charge in [-0.15, -0.1) is 0 Å². The number of benzene rings is 1. The van der Waals surface area contributed by atoms with Crippen molar-refractivity contribution in [1.29, 1.82) is 0 Å². The first-order valence-corrected chi connectivity index (χ1v) is 9.30. The number of amides is 1. The van der Waals surface area contributed by atoms with Gasteiger partial charge in [0.2, 0.25) is 0 Å². The number of aryl methyl sites for hydroxylation is 1. The molecule has 5 rings (SSSR count). The van der Waals surface area contributed by atoms with Gasteiger partial charge < -0.3 is 15.2 Å². The predicted molar refractivity (Wildman–Crippen MR) is 100 cm³/mol. The van der Waals surface area contributed by atoms with E-state index in [0.29, 0.717) is 5.69 Å². The third-order valence-electron chi connectivity index (χ3n) is 6.07. The summed E-state index contributed by atoms with van der Waals surface area (Å²) in [5.41, 5.74) is 4.61. The van der Waals surface area contributed by atoms with Gasteiger partial charge >= 0.3 is 0 Å². The van der Waals surface area contributed by atoms with Gasteiger partial charge in [-0.05, 0) is 37.0 Å². The van der Waals surface area contributed by atoms with E-state index in [2.05, 4.69) is 39.7 Å². The number of piperidine rings is 1. The topological polar surface area (TPSA) is 66.0 Å². The lowest BCUT2D eigenvalue weighted by Crippen LogP contribution is -2.55. The molecule has 4 heterocycles. The first-order valence-electron chi connectivity index (χ1n) is 9.30. The Morgan fingerprint density at radius 2 is 2.00 bits per heavy atom. The zero-order valence-electron chi connectivity index (χ0n) is 15.0. The Balaban J connectivity index is 1.43. The fourth-order valence-electron chi connectivity index (χ4n) is 4.65. The summed E-state index contributed by atoms with van der Waals surface area (Å²) >= 11 is 0. The number of carbonyl (C=O) groups is 1. The number of nitrogens with one attached hydrogen (secondary N) is 2. The molecular formula is C20H23N5O. The molecule has 0 radical (unpaired) electrons. The number of hydrogen-bond donors (Lipinski definition) is 2. The van der Waals surface area contributed by atoms with Gasteiger partial charge in [0.05, 0.1) is 5.54 Å². The van der Waals surface area contributed by atoms with Crippen LogP contribution in [-0.4, -0.2) is 45.2 Å². The van der Waals surface area contributed by atoms with Crippen molar-refractivity contribution in [3.8, 4) is 0 Å². The van der Waals surface area contributed by atoms with Crippen LogP contribution in [0.1, 0.15) is 34.6 Å². The molecule has 1 fully saturated rings. The van der Waals surface area contributed by atoms with Gasteiger partial charge in [0.25, 0.3) is 5.91 Å². The maximum Gasteiger partial charge on any atom is 0.272 e. The molecule has 3 aromatic rings. The van der Waals surface area contributed by atoms with Crippen molar-refractivity contribution in [3.63, 3.8) is 0 Å². The molecule has 1 spiro atoms. The van der Waals surface area contributed by atoms with Gasteiger partial charge in [0.1, 0.15) is 5.69 Å². The van der Waals surface area contributed by atoms with Crippen LogP contribution in [0, 0.1) is 0 Å². The molecular weight excluding hydrogens is 326 g/mol. The van der Waals surface area contributed by atoms with Crippen LogP contribution >= 0.6 is 0 Å². The van der Waals surface area contributed by atoms with Crippen LogP contribution in [0.5, 0.6) is 0 Å². The number of fused-ring (bicyclic) bond motifs is 4. The highest BCUT2D eigenvalue weighted by molar-refractivity contribution is 5.92. The second kappa shape index (κ2) is 5.71. The summed E-state index contributed by atoms with van der Waals surface area (Å²) in [6, 6.07) is 10.4. The lowest BCUT2D eigenvalue weighted by atomic mass is 9.79. The molecule has 6 nitrogen and oxygen atoms in total. The molecule has 1 aromatic carbocycles. The Kier molecular flexibility index (Phi) is 3.43. The number of aromatic nitrogens is 3. The summed E-state index contributed by atoms with van der Waals surface area (Å²) in [4.78, 5) is 18.4. The molecule has 0 atom stereocenters. The Bertz CT molecular complexity index is 977. The van der Waals surface area contributed by atoms with E-state index >= 15 is 0 Å². The quantitative estimate of drug-likeness (QED) is 0.708. The Morgan fingerprint density at radius 3 is 2.77 bits per heavy atom. The van der Waals surface area contributed by atoms with Gasteiger partial charge in [-0.2, -0.15) is 5.10 Å². The molecule has 2 aliphatic heterocycles. The van der Waals surface area contributed by atoms with Crippen LogP contribution < -0.4 is 5.32 Å². The molecule has 2 N–H and O–H groups in total. The minimum absolute atomic E-state index is 0.0458. The summed E-state index contributed by atoms with van der Waals surface area (Å²) in [5, 5.41) is 9.24. The molecule has 1 saturated heterocycles. The molecule has 134 valence electrons. The maximum atomic E-state index is 12.8. The molecule has 0 bridgehead atoms. The van der Waals surface area contributed by atoms with Gasteiger partial charge in [-0.25, -0.2) is 0 Å². The Morgan fingerprint density at radius 1 is 1.19 bits per heavy atom. The molecule has 2 aromatic heterocycles. The third-order valence-corrected chi connectivity index (χ3v) is 6.07. The highest BCUT2D eigenvalue weighted by Crippen LogP contribution is 2.40. The Hall–Kier alpha value is -2.60. The first kappa shape index (κ1) is 15.6. The fourth-order valence-corrected chi connectivity index (χ4v) is 4.65. The van der Waals surface area contributed by atoms with Crippen molar-refractivity contribution in [3.05, 3.63) is 53.5 Å². The number of para-hydroxylation sites is 1. The number of hydrogen-bond acceptors (Lipinski definition) is 3. The van der Waals surface area contributed by atoms with E-state index < -0.39 is 0 Å². The van der Waals surface area contributed by atoms with E-state index in [0.717, 1.165) is 38.9 Å². The summed E-state index contributed by atoms with van der Waals surface area (Å²) in [5.74, 6) is 0.0764. The normalized spacial score (nSPS) is 19.0. The lowest BCUT2D eigenvalue weighted by Gasteiger charge is -2.44. The Labute approximate surface area is 152 Å². The van der Waals surface area contributed by atoms with E-state index in [1.165, 1.54) is 22.2 Å². The molecule has 6 heteroatoms. The number of likely N-dealkylation sites (tertiary alicyclic amines) is 1. The van der Waals surface area contributed by atoms with Crippen LogP contribution in [0.15, 0.2) is 36.5 Å². The average molecular weight is 349 g/mol. The summed E-state index contributed by atoms with van der Waals surface area (Å²) in [6.45, 7) is 2.50. The second-order valence-electron chi connectivity index (χ2n) is 7.42. The SMILES string of the molecule is Cn1nccc1C(=O)N1CCC2(CC1)NCCc1c2[nH]c2ccccc12. The van der Waals surface area contributed by atoms with Crippen LogP contribution in [0.2, 0.25) is 0 Å². The largest absolute Gasteiger partial charge is 0.357 e. The van der Waals surface area contributed by atoms with Crippen LogP contribution in [0.4, 0.5) is 0 Å². The van der Waals surface area contributed by atoms with Crippen LogP contribution in [0.3, 0.4) is 0 Å². The van der Waals surface area contributed by atoms with Crippen molar-refractivity contribution >= 4 is 16.8 Å². The predicted octanol–water partition coefficient (Wildman–Crippen LogP) is 2.18. The van der Waals surface area contributed by atoms with Crippen molar-refractivity contribution < 1.29 is 4.79 Å². The minimum Gasteiger partial charge on any atom is -0.357 e. The van der Waals surface area contributed by atoms with E-state index in [1.807, 2.05) is 11.9 Å². The van der Waals surface area contributed by atoms with Crippen molar-refractivity contribution in [2.24, 2.45) is 7.05 Å². The number of nitrogens with zero attached hydrogens (tertiary/aromatic N) is 3. The van der Waals surface area contributed by atoms with Crippen molar-refractivity contribution in [1.82, 2.24) is 25.0 Å². The standard InChI is InChI=1S/C20H23N5O/c1-24-17(7-11-22-24)19(26)25-12-8-20(9-13-25)18-15(6-10-21-20)14-4-2-3-5-16(14)23-18/h2-5,7,11,21,23H,6,8-10,12-13H2,1H3. The molecule has 1 amide bonds. The van der Waals surface area contributed by atoms with Crippen molar-refractivity contribution in [2.75, 3.05) is 19.6 Å². The van der Waals surface area contributed by atoms with Gasteiger partial charge in [-0.3, -0.25) is 9.48 Å². The van der Waals surface area contributed by atoms with Crippen LogP contribution in [0.25, 0.3) is 10.9 Å².